The minimum absolute atomic E-state index is 0.445. The molecule has 3 rings (SSSR count). The first-order valence-electron chi connectivity index (χ1n) is 5.11. The standard InChI is InChI=1S/C12H14O/c13-12(7-8-12)11-4-2-1-3-10(11)9-5-6-9/h1-4,9,13H,5-8H2. The molecule has 2 saturated carbocycles. The maximum absolute atomic E-state index is 10.1. The number of aliphatic hydroxyl groups is 1. The molecule has 68 valence electrons. The van der Waals surface area contributed by atoms with Gasteiger partial charge in [0, 0.05) is 0 Å². The molecule has 0 aromatic heterocycles. The van der Waals surface area contributed by atoms with Crippen LogP contribution in [0.25, 0.3) is 0 Å². The van der Waals surface area contributed by atoms with Gasteiger partial charge in [0.1, 0.15) is 0 Å². The summed E-state index contributed by atoms with van der Waals surface area (Å²) in [5.74, 6) is 0.751. The second-order valence-corrected chi connectivity index (χ2v) is 4.39. The van der Waals surface area contributed by atoms with Crippen molar-refractivity contribution in [3.63, 3.8) is 0 Å². The van der Waals surface area contributed by atoms with Gasteiger partial charge in [0.15, 0.2) is 0 Å². The average molecular weight is 174 g/mol. The predicted molar refractivity (Wildman–Crippen MR) is 51.5 cm³/mol. The average Bonchev–Trinajstić information content (AvgIpc) is 2.98. The van der Waals surface area contributed by atoms with Crippen molar-refractivity contribution in [3.8, 4) is 0 Å². The molecule has 0 amide bonds. The normalized spacial score (nSPS) is 24.4. The van der Waals surface area contributed by atoms with Gasteiger partial charge in [-0.15, -0.1) is 0 Å². The second kappa shape index (κ2) is 2.36. The molecular weight excluding hydrogens is 160 g/mol. The van der Waals surface area contributed by atoms with E-state index in [0.717, 1.165) is 18.8 Å². The Morgan fingerprint density at radius 3 is 2.46 bits per heavy atom. The molecule has 0 saturated heterocycles. The Kier molecular flexibility index (Phi) is 1.37. The lowest BCUT2D eigenvalue weighted by Gasteiger charge is -2.13. The van der Waals surface area contributed by atoms with Crippen LogP contribution in [-0.4, -0.2) is 5.11 Å². The van der Waals surface area contributed by atoms with Crippen LogP contribution in [0.5, 0.6) is 0 Å². The molecule has 0 spiro atoms. The van der Waals surface area contributed by atoms with Crippen molar-refractivity contribution in [2.75, 3.05) is 0 Å². The van der Waals surface area contributed by atoms with E-state index in [-0.39, 0.29) is 0 Å². The van der Waals surface area contributed by atoms with Crippen molar-refractivity contribution in [1.29, 1.82) is 0 Å². The Balaban J connectivity index is 2.06. The van der Waals surface area contributed by atoms with Crippen LogP contribution < -0.4 is 0 Å². The fourth-order valence-corrected chi connectivity index (χ4v) is 2.06. The van der Waals surface area contributed by atoms with Gasteiger partial charge in [-0.3, -0.25) is 0 Å². The maximum Gasteiger partial charge on any atom is 0.0901 e. The summed E-state index contributed by atoms with van der Waals surface area (Å²) in [7, 11) is 0. The van der Waals surface area contributed by atoms with Crippen LogP contribution in [0.3, 0.4) is 0 Å². The van der Waals surface area contributed by atoms with Crippen molar-refractivity contribution < 1.29 is 5.11 Å². The van der Waals surface area contributed by atoms with Gasteiger partial charge < -0.3 is 5.11 Å². The van der Waals surface area contributed by atoms with Gasteiger partial charge >= 0.3 is 0 Å². The SMILES string of the molecule is OC1(c2ccccc2C2CC2)CC1. The van der Waals surface area contributed by atoms with E-state index in [9.17, 15) is 5.11 Å². The largest absolute Gasteiger partial charge is 0.385 e. The van der Waals surface area contributed by atoms with Crippen LogP contribution in [-0.2, 0) is 5.60 Å². The number of hydrogen-bond donors (Lipinski definition) is 1. The molecule has 0 aliphatic heterocycles. The van der Waals surface area contributed by atoms with E-state index in [0.29, 0.717) is 0 Å². The Morgan fingerprint density at radius 1 is 1.15 bits per heavy atom. The van der Waals surface area contributed by atoms with Gasteiger partial charge in [-0.2, -0.15) is 0 Å². The first-order chi connectivity index (χ1) is 6.30. The molecule has 1 nitrogen and oxygen atoms in total. The van der Waals surface area contributed by atoms with Gasteiger partial charge in [0.2, 0.25) is 0 Å². The van der Waals surface area contributed by atoms with Crippen LogP contribution in [0.2, 0.25) is 0 Å². The first kappa shape index (κ1) is 7.57. The highest BCUT2D eigenvalue weighted by Gasteiger charge is 2.45. The fraction of sp³-hybridized carbons (Fsp3) is 0.500. The summed E-state index contributed by atoms with van der Waals surface area (Å²) < 4.78 is 0. The Morgan fingerprint density at radius 2 is 1.85 bits per heavy atom. The van der Waals surface area contributed by atoms with Crippen LogP contribution >= 0.6 is 0 Å². The summed E-state index contributed by atoms with van der Waals surface area (Å²) in [6.45, 7) is 0. The van der Waals surface area contributed by atoms with E-state index >= 15 is 0 Å². The first-order valence-corrected chi connectivity index (χ1v) is 5.11. The molecule has 1 aromatic rings. The van der Waals surface area contributed by atoms with E-state index in [1.165, 1.54) is 24.0 Å². The summed E-state index contributed by atoms with van der Waals surface area (Å²) in [5.41, 5.74) is 2.17. The van der Waals surface area contributed by atoms with E-state index in [1.807, 2.05) is 6.07 Å². The van der Waals surface area contributed by atoms with Crippen molar-refractivity contribution in [2.45, 2.75) is 37.2 Å². The predicted octanol–water partition coefficient (Wildman–Crippen LogP) is 2.55. The van der Waals surface area contributed by atoms with Gasteiger partial charge in [0.05, 0.1) is 5.60 Å². The highest BCUT2D eigenvalue weighted by Crippen LogP contribution is 2.51. The summed E-state index contributed by atoms with van der Waals surface area (Å²) in [4.78, 5) is 0. The molecule has 0 atom stereocenters. The minimum Gasteiger partial charge on any atom is -0.385 e. The molecule has 1 aromatic carbocycles. The zero-order valence-electron chi connectivity index (χ0n) is 7.66. The molecule has 1 N–H and O–H groups in total. The number of benzene rings is 1. The lowest BCUT2D eigenvalue weighted by Crippen LogP contribution is -2.07. The minimum atomic E-state index is -0.445. The van der Waals surface area contributed by atoms with E-state index in [4.69, 9.17) is 0 Å². The Labute approximate surface area is 78.4 Å². The molecule has 2 aliphatic rings. The molecule has 0 radical (unpaired) electrons. The topological polar surface area (TPSA) is 20.2 Å². The summed E-state index contributed by atoms with van der Waals surface area (Å²) in [5, 5.41) is 10.1. The maximum atomic E-state index is 10.1. The van der Waals surface area contributed by atoms with Crippen LogP contribution in [0, 0.1) is 0 Å². The smallest absolute Gasteiger partial charge is 0.0901 e. The summed E-state index contributed by atoms with van der Waals surface area (Å²) >= 11 is 0. The van der Waals surface area contributed by atoms with Crippen LogP contribution in [0.15, 0.2) is 24.3 Å². The monoisotopic (exact) mass is 174 g/mol. The highest BCUT2D eigenvalue weighted by molar-refractivity contribution is 5.39. The van der Waals surface area contributed by atoms with Gasteiger partial charge in [0.25, 0.3) is 0 Å². The molecule has 13 heavy (non-hydrogen) atoms. The molecule has 2 fully saturated rings. The molecule has 1 heteroatoms. The van der Waals surface area contributed by atoms with E-state index in [2.05, 4.69) is 18.2 Å². The quantitative estimate of drug-likeness (QED) is 0.730. The highest BCUT2D eigenvalue weighted by atomic mass is 16.3. The summed E-state index contributed by atoms with van der Waals surface area (Å²) in [6.07, 6.45) is 4.54. The lowest BCUT2D eigenvalue weighted by atomic mass is 9.97. The lowest BCUT2D eigenvalue weighted by molar-refractivity contribution is 0.150. The van der Waals surface area contributed by atoms with Gasteiger partial charge in [-0.25, -0.2) is 0 Å². The van der Waals surface area contributed by atoms with Gasteiger partial charge in [-0.05, 0) is 42.7 Å². The van der Waals surface area contributed by atoms with E-state index in [1.54, 1.807) is 0 Å². The zero-order chi connectivity index (χ0) is 8.89. The van der Waals surface area contributed by atoms with Crippen molar-refractivity contribution >= 4 is 0 Å². The summed E-state index contributed by atoms with van der Waals surface area (Å²) in [6, 6.07) is 8.41. The molecule has 0 unspecified atom stereocenters. The second-order valence-electron chi connectivity index (χ2n) is 4.39. The fourth-order valence-electron chi connectivity index (χ4n) is 2.06. The molecule has 0 heterocycles. The third-order valence-corrected chi connectivity index (χ3v) is 3.20. The Bertz CT molecular complexity index is 335. The van der Waals surface area contributed by atoms with Crippen LogP contribution in [0.4, 0.5) is 0 Å². The van der Waals surface area contributed by atoms with Crippen molar-refractivity contribution in [2.24, 2.45) is 0 Å². The molecule has 2 aliphatic carbocycles. The molecular formula is C12H14O. The van der Waals surface area contributed by atoms with Crippen LogP contribution in [0.1, 0.15) is 42.7 Å². The van der Waals surface area contributed by atoms with E-state index < -0.39 is 5.60 Å². The molecule has 0 bridgehead atoms. The zero-order valence-corrected chi connectivity index (χ0v) is 7.66. The van der Waals surface area contributed by atoms with Gasteiger partial charge in [-0.1, -0.05) is 24.3 Å². The third kappa shape index (κ3) is 1.19. The number of rotatable bonds is 2. The number of hydrogen-bond acceptors (Lipinski definition) is 1. The Hall–Kier alpha value is -0.820. The van der Waals surface area contributed by atoms with Crippen molar-refractivity contribution in [3.05, 3.63) is 35.4 Å². The van der Waals surface area contributed by atoms with Crippen molar-refractivity contribution in [1.82, 2.24) is 0 Å². The third-order valence-electron chi connectivity index (χ3n) is 3.20.